The molecular formula is C15H17NO3S. The predicted octanol–water partition coefficient (Wildman–Crippen LogP) is 2.57. The molecule has 1 aromatic heterocycles. The quantitative estimate of drug-likeness (QED) is 0.884. The zero-order valence-corrected chi connectivity index (χ0v) is 12.8. The van der Waals surface area contributed by atoms with Gasteiger partial charge in [0.2, 0.25) is 5.78 Å². The molecule has 0 aliphatic carbocycles. The predicted molar refractivity (Wildman–Crippen MR) is 78.0 cm³/mol. The first kappa shape index (κ1) is 14.5. The molecule has 0 radical (unpaired) electrons. The Balaban J connectivity index is 2.52. The summed E-state index contributed by atoms with van der Waals surface area (Å²) in [6.07, 6.45) is 1.13. The number of aromatic amines is 1. The van der Waals surface area contributed by atoms with Crippen molar-refractivity contribution in [2.75, 3.05) is 6.26 Å². The van der Waals surface area contributed by atoms with Crippen molar-refractivity contribution in [3.05, 3.63) is 52.3 Å². The molecule has 0 aliphatic heterocycles. The lowest BCUT2D eigenvalue weighted by Gasteiger charge is -2.03. The number of sulfone groups is 1. The summed E-state index contributed by atoms with van der Waals surface area (Å²) in [7, 11) is -3.32. The van der Waals surface area contributed by atoms with Crippen LogP contribution < -0.4 is 0 Å². The fourth-order valence-corrected chi connectivity index (χ4v) is 2.75. The maximum atomic E-state index is 12.5. The van der Waals surface area contributed by atoms with E-state index >= 15 is 0 Å². The highest BCUT2D eigenvalue weighted by Gasteiger charge is 2.18. The summed E-state index contributed by atoms with van der Waals surface area (Å²) in [5, 5.41) is 0. The molecule has 1 N–H and O–H groups in total. The molecule has 0 saturated carbocycles. The van der Waals surface area contributed by atoms with Gasteiger partial charge < -0.3 is 4.98 Å². The lowest BCUT2D eigenvalue weighted by Crippen LogP contribution is -2.06. The van der Waals surface area contributed by atoms with Crippen LogP contribution in [0.1, 0.15) is 32.9 Å². The monoisotopic (exact) mass is 291 g/mol. The molecule has 0 spiro atoms. The summed E-state index contributed by atoms with van der Waals surface area (Å²) >= 11 is 0. The number of benzene rings is 1. The first-order chi connectivity index (χ1) is 9.21. The number of carbonyl (C=O) groups is 1. The van der Waals surface area contributed by atoms with Crippen molar-refractivity contribution < 1.29 is 13.2 Å². The van der Waals surface area contributed by atoms with E-state index < -0.39 is 9.84 Å². The maximum absolute atomic E-state index is 12.5. The van der Waals surface area contributed by atoms with Gasteiger partial charge in [0.05, 0.1) is 10.6 Å². The molecule has 0 amide bonds. The van der Waals surface area contributed by atoms with Crippen LogP contribution in [0.4, 0.5) is 0 Å². The van der Waals surface area contributed by atoms with Crippen LogP contribution in [-0.4, -0.2) is 25.4 Å². The average molecular weight is 291 g/mol. The number of nitrogens with one attached hydrogen (secondary N) is 1. The number of ketones is 1. The standard InChI is InChI=1S/C15H17NO3S/c1-9-10(2)14(16-11(9)3)15(17)12-6-5-7-13(8-12)20(4,18)19/h5-8,16H,1-4H3. The van der Waals surface area contributed by atoms with E-state index in [-0.39, 0.29) is 10.7 Å². The fraction of sp³-hybridized carbons (Fsp3) is 0.267. The molecule has 1 heterocycles. The Morgan fingerprint density at radius 2 is 1.75 bits per heavy atom. The van der Waals surface area contributed by atoms with Crippen LogP contribution in [0.3, 0.4) is 0 Å². The summed E-state index contributed by atoms with van der Waals surface area (Å²) in [6, 6.07) is 6.12. The third-order valence-corrected chi connectivity index (χ3v) is 4.67. The normalized spacial score (nSPS) is 11.6. The van der Waals surface area contributed by atoms with Gasteiger partial charge in [-0.05, 0) is 44.0 Å². The van der Waals surface area contributed by atoms with E-state index in [0.717, 1.165) is 23.1 Å². The van der Waals surface area contributed by atoms with Crippen LogP contribution >= 0.6 is 0 Å². The van der Waals surface area contributed by atoms with Gasteiger partial charge in [-0.1, -0.05) is 12.1 Å². The molecule has 0 atom stereocenters. The van der Waals surface area contributed by atoms with Crippen LogP contribution in [-0.2, 0) is 9.84 Å². The van der Waals surface area contributed by atoms with Gasteiger partial charge in [-0.15, -0.1) is 0 Å². The van der Waals surface area contributed by atoms with Crippen molar-refractivity contribution in [1.82, 2.24) is 4.98 Å². The Hall–Kier alpha value is -1.88. The fourth-order valence-electron chi connectivity index (χ4n) is 2.08. The summed E-state index contributed by atoms with van der Waals surface area (Å²) in [6.45, 7) is 5.74. The van der Waals surface area contributed by atoms with Gasteiger partial charge >= 0.3 is 0 Å². The highest BCUT2D eigenvalue weighted by atomic mass is 32.2. The van der Waals surface area contributed by atoms with Crippen LogP contribution in [0, 0.1) is 20.8 Å². The van der Waals surface area contributed by atoms with Gasteiger partial charge in [0.1, 0.15) is 0 Å². The molecular weight excluding hydrogens is 274 g/mol. The van der Waals surface area contributed by atoms with E-state index in [4.69, 9.17) is 0 Å². The Morgan fingerprint density at radius 1 is 1.10 bits per heavy atom. The minimum Gasteiger partial charge on any atom is -0.356 e. The minimum absolute atomic E-state index is 0.154. The van der Waals surface area contributed by atoms with Crippen molar-refractivity contribution in [2.45, 2.75) is 25.7 Å². The SMILES string of the molecule is Cc1[nH]c(C(=O)c2cccc(S(C)(=O)=O)c2)c(C)c1C. The molecule has 1 aromatic carbocycles. The first-order valence-corrected chi connectivity index (χ1v) is 8.11. The van der Waals surface area contributed by atoms with Crippen LogP contribution in [0.5, 0.6) is 0 Å². The number of aryl methyl sites for hydroxylation is 1. The molecule has 2 aromatic rings. The van der Waals surface area contributed by atoms with Gasteiger partial charge in [-0.25, -0.2) is 8.42 Å². The Kier molecular flexibility index (Phi) is 3.56. The Morgan fingerprint density at radius 3 is 2.25 bits per heavy atom. The number of hydrogen-bond acceptors (Lipinski definition) is 3. The molecule has 0 aliphatic rings. The molecule has 20 heavy (non-hydrogen) atoms. The lowest BCUT2D eigenvalue weighted by atomic mass is 10.0. The third-order valence-electron chi connectivity index (χ3n) is 3.56. The third kappa shape index (κ3) is 2.54. The number of aromatic nitrogens is 1. The van der Waals surface area contributed by atoms with Gasteiger partial charge in [0, 0.05) is 17.5 Å². The second-order valence-corrected chi connectivity index (χ2v) is 7.02. The van der Waals surface area contributed by atoms with Crippen molar-refractivity contribution >= 4 is 15.6 Å². The van der Waals surface area contributed by atoms with Crippen molar-refractivity contribution in [2.24, 2.45) is 0 Å². The molecule has 0 bridgehead atoms. The molecule has 0 saturated heterocycles. The topological polar surface area (TPSA) is 67.0 Å². The van der Waals surface area contributed by atoms with E-state index in [1.54, 1.807) is 12.1 Å². The number of rotatable bonds is 3. The molecule has 0 unspecified atom stereocenters. The van der Waals surface area contributed by atoms with E-state index in [1.807, 2.05) is 20.8 Å². The first-order valence-electron chi connectivity index (χ1n) is 6.22. The summed E-state index contributed by atoms with van der Waals surface area (Å²) in [5.74, 6) is -0.191. The van der Waals surface area contributed by atoms with E-state index in [1.165, 1.54) is 12.1 Å². The smallest absolute Gasteiger partial charge is 0.209 e. The number of hydrogen-bond donors (Lipinski definition) is 1. The van der Waals surface area contributed by atoms with Crippen LogP contribution in [0.2, 0.25) is 0 Å². The molecule has 5 heteroatoms. The molecule has 4 nitrogen and oxygen atoms in total. The van der Waals surface area contributed by atoms with E-state index in [0.29, 0.717) is 11.3 Å². The molecule has 2 rings (SSSR count). The van der Waals surface area contributed by atoms with Crippen molar-refractivity contribution in [1.29, 1.82) is 0 Å². The summed E-state index contributed by atoms with van der Waals surface area (Å²) in [4.78, 5) is 15.7. The van der Waals surface area contributed by atoms with Crippen molar-refractivity contribution in [3.63, 3.8) is 0 Å². The Bertz CT molecular complexity index is 785. The Labute approximate surface area is 118 Å². The zero-order valence-electron chi connectivity index (χ0n) is 11.9. The minimum atomic E-state index is -3.32. The average Bonchev–Trinajstić information content (AvgIpc) is 2.65. The highest BCUT2D eigenvalue weighted by molar-refractivity contribution is 7.90. The van der Waals surface area contributed by atoms with Crippen molar-refractivity contribution in [3.8, 4) is 0 Å². The van der Waals surface area contributed by atoms with Crippen LogP contribution in [0.15, 0.2) is 29.2 Å². The largest absolute Gasteiger partial charge is 0.356 e. The second-order valence-electron chi connectivity index (χ2n) is 5.00. The number of H-pyrrole nitrogens is 1. The second kappa shape index (κ2) is 4.90. The van der Waals surface area contributed by atoms with Gasteiger partial charge in [0.25, 0.3) is 0 Å². The zero-order chi connectivity index (χ0) is 15.1. The molecule has 0 fully saturated rings. The number of carbonyl (C=O) groups excluding carboxylic acids is 1. The maximum Gasteiger partial charge on any atom is 0.209 e. The summed E-state index contributed by atoms with van der Waals surface area (Å²) < 4.78 is 23.1. The summed E-state index contributed by atoms with van der Waals surface area (Å²) in [5.41, 5.74) is 3.79. The van der Waals surface area contributed by atoms with Gasteiger partial charge in [-0.2, -0.15) is 0 Å². The van der Waals surface area contributed by atoms with Crippen LogP contribution in [0.25, 0.3) is 0 Å². The highest BCUT2D eigenvalue weighted by Crippen LogP contribution is 2.21. The molecule has 106 valence electrons. The van der Waals surface area contributed by atoms with E-state index in [2.05, 4.69) is 4.98 Å². The van der Waals surface area contributed by atoms with Gasteiger partial charge in [-0.3, -0.25) is 4.79 Å². The lowest BCUT2D eigenvalue weighted by molar-refractivity contribution is 0.103. The van der Waals surface area contributed by atoms with Gasteiger partial charge in [0.15, 0.2) is 9.84 Å². The van der Waals surface area contributed by atoms with E-state index in [9.17, 15) is 13.2 Å².